The number of H-pyrrole nitrogens is 1. The number of carbonyl (C=O) groups excluding carboxylic acids is 1. The van der Waals surface area contributed by atoms with Crippen LogP contribution in [0.15, 0.2) is 67.1 Å². The Hall–Kier alpha value is -3.71. The Morgan fingerprint density at radius 2 is 2.07 bits per heavy atom. The number of hydrogen-bond acceptors (Lipinski definition) is 5. The van der Waals surface area contributed by atoms with Crippen LogP contribution in [0, 0.1) is 6.92 Å². The molecule has 1 aromatic carbocycles. The quantitative estimate of drug-likeness (QED) is 0.372. The number of carbonyl (C=O) groups is 1. The van der Waals surface area contributed by atoms with Crippen molar-refractivity contribution in [1.82, 2.24) is 20.3 Å². The molecule has 1 amide bonds. The van der Waals surface area contributed by atoms with Crippen molar-refractivity contribution in [2.45, 2.75) is 13.5 Å². The molecule has 0 unspecified atom stereocenters. The molecule has 0 aliphatic carbocycles. The number of hydrogen-bond donors (Lipinski definition) is 3. The monoisotopic (exact) mass is 413 g/mol. The minimum Gasteiger partial charge on any atom is -0.359 e. The van der Waals surface area contributed by atoms with Crippen LogP contribution in [0.4, 0.5) is 11.4 Å². The maximum atomic E-state index is 12.6. The first kappa shape index (κ1) is 18.3. The highest BCUT2D eigenvalue weighted by Crippen LogP contribution is 2.33. The maximum absolute atomic E-state index is 12.6. The molecule has 7 heteroatoms. The summed E-state index contributed by atoms with van der Waals surface area (Å²) in [4.78, 5) is 25.1. The summed E-state index contributed by atoms with van der Waals surface area (Å²) in [5.41, 5.74) is 5.93. The molecule has 5 rings (SSSR count). The standard InChI is InChI=1S/C23H19N5OS/c1-14-9-16-10-17(4-5-18(16)27-14)28-19-6-8-25-20-11-21(30-22(19)20)23(29)26-13-15-3-2-7-24-12-15/h2-12,27H,13H2,1H3,(H,25,28)(H,26,29). The average Bonchev–Trinajstić information content (AvgIpc) is 3.36. The van der Waals surface area contributed by atoms with E-state index in [1.165, 1.54) is 11.3 Å². The van der Waals surface area contributed by atoms with Crippen LogP contribution in [-0.2, 0) is 6.54 Å². The molecule has 0 radical (unpaired) electrons. The highest BCUT2D eigenvalue weighted by atomic mass is 32.1. The zero-order chi connectivity index (χ0) is 20.5. The van der Waals surface area contributed by atoms with Crippen LogP contribution in [0.1, 0.15) is 20.9 Å². The van der Waals surface area contributed by atoms with E-state index < -0.39 is 0 Å². The number of pyridine rings is 2. The van der Waals surface area contributed by atoms with Crippen LogP contribution in [0.5, 0.6) is 0 Å². The molecule has 0 bridgehead atoms. The van der Waals surface area contributed by atoms with Gasteiger partial charge in [-0.3, -0.25) is 14.8 Å². The predicted molar refractivity (Wildman–Crippen MR) is 121 cm³/mol. The average molecular weight is 414 g/mol. The van der Waals surface area contributed by atoms with Crippen molar-refractivity contribution in [2.75, 3.05) is 5.32 Å². The minimum atomic E-state index is -0.114. The van der Waals surface area contributed by atoms with Gasteiger partial charge in [-0.2, -0.15) is 0 Å². The normalized spacial score (nSPS) is 11.1. The van der Waals surface area contributed by atoms with Crippen molar-refractivity contribution in [2.24, 2.45) is 0 Å². The van der Waals surface area contributed by atoms with E-state index in [9.17, 15) is 4.79 Å². The fourth-order valence-electron chi connectivity index (χ4n) is 3.43. The first-order valence-electron chi connectivity index (χ1n) is 9.58. The van der Waals surface area contributed by atoms with Crippen molar-refractivity contribution in [3.05, 3.63) is 83.3 Å². The Morgan fingerprint density at radius 3 is 2.93 bits per heavy atom. The second-order valence-electron chi connectivity index (χ2n) is 7.11. The number of thiophene rings is 1. The second kappa shape index (κ2) is 7.61. The fourth-order valence-corrected chi connectivity index (χ4v) is 4.43. The molecular weight excluding hydrogens is 394 g/mol. The number of benzene rings is 1. The Balaban J connectivity index is 1.39. The van der Waals surface area contributed by atoms with Crippen LogP contribution in [0.25, 0.3) is 21.1 Å². The van der Waals surface area contributed by atoms with Gasteiger partial charge in [-0.1, -0.05) is 6.07 Å². The first-order valence-corrected chi connectivity index (χ1v) is 10.4. The van der Waals surface area contributed by atoms with Gasteiger partial charge >= 0.3 is 0 Å². The summed E-state index contributed by atoms with van der Waals surface area (Å²) in [5, 5.41) is 7.58. The van der Waals surface area contributed by atoms with Crippen molar-refractivity contribution >= 4 is 49.7 Å². The third kappa shape index (κ3) is 3.62. The lowest BCUT2D eigenvalue weighted by Gasteiger charge is -2.07. The molecule has 148 valence electrons. The molecule has 4 heterocycles. The number of aromatic nitrogens is 3. The van der Waals surface area contributed by atoms with Crippen LogP contribution in [0.2, 0.25) is 0 Å². The zero-order valence-corrected chi connectivity index (χ0v) is 17.1. The molecule has 5 aromatic rings. The third-order valence-electron chi connectivity index (χ3n) is 4.85. The maximum Gasteiger partial charge on any atom is 0.261 e. The van der Waals surface area contributed by atoms with E-state index in [-0.39, 0.29) is 5.91 Å². The molecule has 3 N–H and O–H groups in total. The summed E-state index contributed by atoms with van der Waals surface area (Å²) in [7, 11) is 0. The summed E-state index contributed by atoms with van der Waals surface area (Å²) in [6.45, 7) is 2.49. The highest BCUT2D eigenvalue weighted by Gasteiger charge is 2.14. The van der Waals surface area contributed by atoms with Gasteiger partial charge in [0.2, 0.25) is 0 Å². The summed E-state index contributed by atoms with van der Waals surface area (Å²) >= 11 is 1.44. The second-order valence-corrected chi connectivity index (χ2v) is 8.16. The van der Waals surface area contributed by atoms with E-state index >= 15 is 0 Å². The topological polar surface area (TPSA) is 82.7 Å². The molecule has 4 aromatic heterocycles. The van der Waals surface area contributed by atoms with Crippen LogP contribution < -0.4 is 10.6 Å². The summed E-state index contributed by atoms with van der Waals surface area (Å²) in [5.74, 6) is -0.114. The molecule has 0 saturated carbocycles. The van der Waals surface area contributed by atoms with E-state index in [1.807, 2.05) is 37.3 Å². The summed E-state index contributed by atoms with van der Waals surface area (Å²) in [6, 6.07) is 15.9. The van der Waals surface area contributed by atoms with Crippen molar-refractivity contribution in [1.29, 1.82) is 0 Å². The number of aryl methyl sites for hydroxylation is 1. The number of fused-ring (bicyclic) bond motifs is 2. The minimum absolute atomic E-state index is 0.114. The van der Waals surface area contributed by atoms with Gasteiger partial charge in [-0.05, 0) is 55.0 Å². The van der Waals surface area contributed by atoms with Gasteiger partial charge in [0.25, 0.3) is 5.91 Å². The Morgan fingerprint density at radius 1 is 1.13 bits per heavy atom. The molecule has 0 atom stereocenters. The molecule has 0 fully saturated rings. The van der Waals surface area contributed by atoms with E-state index in [0.29, 0.717) is 11.4 Å². The fraction of sp³-hybridized carbons (Fsp3) is 0.0870. The molecule has 0 saturated heterocycles. The van der Waals surface area contributed by atoms with Gasteiger partial charge in [0.1, 0.15) is 0 Å². The Bertz CT molecular complexity index is 1360. The molecule has 6 nitrogen and oxygen atoms in total. The number of anilines is 2. The summed E-state index contributed by atoms with van der Waals surface area (Å²) in [6.07, 6.45) is 5.22. The molecule has 0 aliphatic heterocycles. The Labute approximate surface area is 177 Å². The number of nitrogens with one attached hydrogen (secondary N) is 3. The van der Waals surface area contributed by atoms with E-state index in [4.69, 9.17) is 0 Å². The zero-order valence-electron chi connectivity index (χ0n) is 16.3. The number of rotatable bonds is 5. The molecular formula is C23H19N5OS. The lowest BCUT2D eigenvalue weighted by Crippen LogP contribution is -2.21. The van der Waals surface area contributed by atoms with Crippen molar-refractivity contribution in [3.63, 3.8) is 0 Å². The third-order valence-corrected chi connectivity index (χ3v) is 6.00. The van der Waals surface area contributed by atoms with E-state index in [0.717, 1.165) is 43.8 Å². The van der Waals surface area contributed by atoms with E-state index in [1.54, 1.807) is 18.6 Å². The molecule has 0 spiro atoms. The van der Waals surface area contributed by atoms with Crippen molar-refractivity contribution in [3.8, 4) is 0 Å². The van der Waals surface area contributed by atoms with Crippen LogP contribution in [0.3, 0.4) is 0 Å². The highest BCUT2D eigenvalue weighted by molar-refractivity contribution is 7.21. The van der Waals surface area contributed by atoms with Crippen LogP contribution >= 0.6 is 11.3 Å². The predicted octanol–water partition coefficient (Wildman–Crippen LogP) is 5.15. The Kier molecular flexibility index (Phi) is 4.65. The van der Waals surface area contributed by atoms with Gasteiger partial charge in [0, 0.05) is 47.4 Å². The molecule has 30 heavy (non-hydrogen) atoms. The molecule has 0 aliphatic rings. The van der Waals surface area contributed by atoms with Crippen molar-refractivity contribution < 1.29 is 4.79 Å². The lowest BCUT2D eigenvalue weighted by molar-refractivity contribution is 0.0955. The van der Waals surface area contributed by atoms with Gasteiger partial charge in [0.05, 0.1) is 20.8 Å². The van der Waals surface area contributed by atoms with Crippen LogP contribution in [-0.4, -0.2) is 20.9 Å². The van der Waals surface area contributed by atoms with Gasteiger partial charge in [-0.15, -0.1) is 11.3 Å². The number of aromatic amines is 1. The van der Waals surface area contributed by atoms with Gasteiger partial charge in [0.15, 0.2) is 0 Å². The number of nitrogens with zero attached hydrogens (tertiary/aromatic N) is 2. The SMILES string of the molecule is Cc1cc2cc(Nc3ccnc4cc(C(=O)NCc5cccnc5)sc34)ccc2[nH]1. The lowest BCUT2D eigenvalue weighted by atomic mass is 10.2. The largest absolute Gasteiger partial charge is 0.359 e. The van der Waals surface area contributed by atoms with Gasteiger partial charge < -0.3 is 15.6 Å². The number of amides is 1. The first-order chi connectivity index (χ1) is 14.7. The summed E-state index contributed by atoms with van der Waals surface area (Å²) < 4.78 is 0.953. The van der Waals surface area contributed by atoms with E-state index in [2.05, 4.69) is 43.8 Å². The van der Waals surface area contributed by atoms with Gasteiger partial charge in [-0.25, -0.2) is 0 Å². The smallest absolute Gasteiger partial charge is 0.261 e.